The zero-order valence-electron chi connectivity index (χ0n) is 18.6. The van der Waals surface area contributed by atoms with E-state index in [2.05, 4.69) is 0 Å². The molecular formula is C25H20N2O8. The van der Waals surface area contributed by atoms with E-state index in [0.29, 0.717) is 5.56 Å². The Morgan fingerprint density at radius 3 is 2.26 bits per heavy atom. The minimum atomic E-state index is -2.48. The van der Waals surface area contributed by atoms with Crippen molar-refractivity contribution in [3.63, 3.8) is 0 Å². The minimum absolute atomic E-state index is 0.0985. The first-order valence-electron chi connectivity index (χ1n) is 11.3. The third kappa shape index (κ3) is 2.44. The Bertz CT molecular complexity index is 1280. The van der Waals surface area contributed by atoms with Crippen LogP contribution in [0.25, 0.3) is 0 Å². The Labute approximate surface area is 199 Å². The summed E-state index contributed by atoms with van der Waals surface area (Å²) in [6.07, 6.45) is 0. The molecule has 6 rings (SSSR count). The van der Waals surface area contributed by atoms with Crippen LogP contribution in [0.1, 0.15) is 18.5 Å². The number of amides is 3. The SMILES string of the molecule is CCOC(=O)[C@@]12O[C@]3(C(=O)OC[C@@H](c4ccccc4)N3C1=O)[C@H]1C(=O)N(c3ccccc3)C(=O)[C@H]12. The number of morpholine rings is 1. The molecule has 4 aliphatic rings. The highest BCUT2D eigenvalue weighted by Crippen LogP contribution is 2.63. The van der Waals surface area contributed by atoms with Crippen molar-refractivity contribution in [2.45, 2.75) is 24.3 Å². The van der Waals surface area contributed by atoms with Gasteiger partial charge in [-0.25, -0.2) is 14.5 Å². The predicted octanol–water partition coefficient (Wildman–Crippen LogP) is 0.961. The third-order valence-corrected chi connectivity index (χ3v) is 7.13. The summed E-state index contributed by atoms with van der Waals surface area (Å²) in [6, 6.07) is 16.1. The molecule has 2 bridgehead atoms. The molecule has 0 unspecified atom stereocenters. The Morgan fingerprint density at radius 1 is 0.971 bits per heavy atom. The van der Waals surface area contributed by atoms with Crippen LogP contribution >= 0.6 is 0 Å². The van der Waals surface area contributed by atoms with Gasteiger partial charge in [0.25, 0.3) is 17.2 Å². The lowest BCUT2D eigenvalue weighted by atomic mass is 9.72. The van der Waals surface area contributed by atoms with Gasteiger partial charge < -0.3 is 14.2 Å². The number of esters is 2. The molecule has 4 fully saturated rings. The van der Waals surface area contributed by atoms with E-state index in [1.165, 1.54) is 0 Å². The van der Waals surface area contributed by atoms with Gasteiger partial charge in [0, 0.05) is 0 Å². The quantitative estimate of drug-likeness (QED) is 0.364. The number of imide groups is 1. The number of cyclic esters (lactones) is 1. The van der Waals surface area contributed by atoms with Gasteiger partial charge in [-0.15, -0.1) is 0 Å². The van der Waals surface area contributed by atoms with Gasteiger partial charge in [-0.2, -0.15) is 0 Å². The number of carbonyl (C=O) groups is 5. The predicted molar refractivity (Wildman–Crippen MR) is 116 cm³/mol. The fraction of sp³-hybridized carbons (Fsp3) is 0.320. The molecule has 4 aliphatic heterocycles. The molecule has 4 saturated heterocycles. The Balaban J connectivity index is 1.57. The van der Waals surface area contributed by atoms with Crippen molar-refractivity contribution < 1.29 is 38.2 Å². The topological polar surface area (TPSA) is 120 Å². The van der Waals surface area contributed by atoms with Gasteiger partial charge in [0.2, 0.25) is 11.8 Å². The maximum atomic E-state index is 14.0. The van der Waals surface area contributed by atoms with Crippen LogP contribution in [0, 0.1) is 11.8 Å². The lowest BCUT2D eigenvalue weighted by molar-refractivity contribution is -0.214. The maximum absolute atomic E-state index is 14.0. The first-order chi connectivity index (χ1) is 16.9. The second-order valence-corrected chi connectivity index (χ2v) is 8.76. The fourth-order valence-corrected chi connectivity index (χ4v) is 5.77. The van der Waals surface area contributed by atoms with Crippen molar-refractivity contribution >= 4 is 35.3 Å². The number of carbonyl (C=O) groups excluding carboxylic acids is 5. The van der Waals surface area contributed by atoms with Crippen molar-refractivity contribution in [3.8, 4) is 0 Å². The number of fused-ring (bicyclic) bond motifs is 3. The number of anilines is 1. The van der Waals surface area contributed by atoms with Crippen molar-refractivity contribution in [3.05, 3.63) is 66.2 Å². The Hall–Kier alpha value is -4.05. The summed E-state index contributed by atoms with van der Waals surface area (Å²) in [6.45, 7) is 1.25. The molecule has 0 saturated carbocycles. The number of rotatable bonds is 4. The second-order valence-electron chi connectivity index (χ2n) is 8.76. The van der Waals surface area contributed by atoms with Crippen molar-refractivity contribution in [1.82, 2.24) is 4.90 Å². The van der Waals surface area contributed by atoms with E-state index in [1.807, 2.05) is 0 Å². The van der Waals surface area contributed by atoms with Gasteiger partial charge in [-0.05, 0) is 24.6 Å². The summed E-state index contributed by atoms with van der Waals surface area (Å²) in [5.74, 6) is -7.59. The summed E-state index contributed by atoms with van der Waals surface area (Å²) < 4.78 is 16.6. The van der Waals surface area contributed by atoms with E-state index >= 15 is 0 Å². The van der Waals surface area contributed by atoms with Crippen LogP contribution in [0.15, 0.2) is 60.7 Å². The van der Waals surface area contributed by atoms with E-state index < -0.39 is 58.9 Å². The van der Waals surface area contributed by atoms with Gasteiger partial charge in [0.15, 0.2) is 0 Å². The molecule has 0 aromatic heterocycles. The molecule has 10 nitrogen and oxygen atoms in total. The highest BCUT2D eigenvalue weighted by molar-refractivity contribution is 6.30. The van der Waals surface area contributed by atoms with Crippen molar-refractivity contribution in [1.29, 1.82) is 0 Å². The van der Waals surface area contributed by atoms with Crippen LogP contribution in [0.4, 0.5) is 5.69 Å². The molecule has 178 valence electrons. The van der Waals surface area contributed by atoms with E-state index in [-0.39, 0.29) is 18.9 Å². The molecule has 1 spiro atoms. The van der Waals surface area contributed by atoms with Crippen LogP contribution < -0.4 is 4.90 Å². The van der Waals surface area contributed by atoms with E-state index in [0.717, 1.165) is 9.80 Å². The molecule has 2 aromatic carbocycles. The highest BCUT2D eigenvalue weighted by atomic mass is 16.7. The summed E-state index contributed by atoms with van der Waals surface area (Å²) in [5.41, 5.74) is -3.87. The average molecular weight is 476 g/mol. The van der Waals surface area contributed by atoms with Gasteiger partial charge in [-0.1, -0.05) is 48.5 Å². The van der Waals surface area contributed by atoms with Crippen LogP contribution in [-0.2, 0) is 38.2 Å². The van der Waals surface area contributed by atoms with Crippen LogP contribution in [0.3, 0.4) is 0 Å². The zero-order valence-corrected chi connectivity index (χ0v) is 18.6. The number of para-hydroxylation sites is 1. The average Bonchev–Trinajstić information content (AvgIpc) is 3.44. The van der Waals surface area contributed by atoms with Gasteiger partial charge in [0.05, 0.1) is 18.3 Å². The molecule has 0 radical (unpaired) electrons. The van der Waals surface area contributed by atoms with Crippen molar-refractivity contribution in [2.24, 2.45) is 11.8 Å². The lowest BCUT2D eigenvalue weighted by Gasteiger charge is -2.46. The smallest absolute Gasteiger partial charge is 0.361 e. The normalized spacial score (nSPS) is 33.0. The maximum Gasteiger partial charge on any atom is 0.361 e. The molecule has 4 heterocycles. The number of piperidine rings is 1. The van der Waals surface area contributed by atoms with Gasteiger partial charge in [0.1, 0.15) is 18.4 Å². The van der Waals surface area contributed by atoms with Crippen LogP contribution in [0.5, 0.6) is 0 Å². The molecule has 10 heteroatoms. The van der Waals surface area contributed by atoms with Crippen LogP contribution in [0.2, 0.25) is 0 Å². The third-order valence-electron chi connectivity index (χ3n) is 7.13. The first-order valence-corrected chi connectivity index (χ1v) is 11.3. The molecule has 2 aromatic rings. The minimum Gasteiger partial charge on any atom is -0.463 e. The number of ether oxygens (including phenoxy) is 3. The summed E-state index contributed by atoms with van der Waals surface area (Å²) in [5, 5.41) is 0. The first kappa shape index (κ1) is 21.5. The Kier molecular flexibility index (Phi) is 4.43. The van der Waals surface area contributed by atoms with Gasteiger partial charge >= 0.3 is 11.9 Å². The number of nitrogens with zero attached hydrogens (tertiary/aromatic N) is 2. The number of hydrogen-bond acceptors (Lipinski definition) is 8. The molecule has 0 N–H and O–H groups in total. The molecule has 0 aliphatic carbocycles. The standard InChI is InChI=1S/C25H20N2O8/c1-2-33-22(31)24-17-18(20(29)26(19(17)28)15-11-7-4-8-12-15)25(35-24)23(32)34-13-16(27(25)21(24)30)14-9-5-3-6-10-14/h3-12,16-18H,2,13H2,1H3/t16-,17-,18+,24-,25-/m0/s1. The lowest BCUT2D eigenvalue weighted by Crippen LogP contribution is -2.68. The molecule has 3 amide bonds. The summed E-state index contributed by atoms with van der Waals surface area (Å²) in [4.78, 5) is 70.2. The second kappa shape index (κ2) is 7.22. The Morgan fingerprint density at radius 2 is 1.60 bits per heavy atom. The van der Waals surface area contributed by atoms with E-state index in [4.69, 9.17) is 14.2 Å². The fourth-order valence-electron chi connectivity index (χ4n) is 5.77. The molecule has 5 atom stereocenters. The summed E-state index contributed by atoms with van der Waals surface area (Å²) >= 11 is 0. The van der Waals surface area contributed by atoms with Gasteiger partial charge in [-0.3, -0.25) is 19.3 Å². The zero-order chi connectivity index (χ0) is 24.5. The van der Waals surface area contributed by atoms with Crippen LogP contribution in [-0.4, -0.2) is 59.1 Å². The number of hydrogen-bond donors (Lipinski definition) is 0. The number of benzene rings is 2. The molecule has 35 heavy (non-hydrogen) atoms. The highest BCUT2D eigenvalue weighted by Gasteiger charge is 2.89. The van der Waals surface area contributed by atoms with Crippen molar-refractivity contribution in [2.75, 3.05) is 18.1 Å². The largest absolute Gasteiger partial charge is 0.463 e. The summed E-state index contributed by atoms with van der Waals surface area (Å²) in [7, 11) is 0. The van der Waals surface area contributed by atoms with E-state index in [9.17, 15) is 24.0 Å². The van der Waals surface area contributed by atoms with E-state index in [1.54, 1.807) is 67.6 Å². The molecular weight excluding hydrogens is 456 g/mol. The monoisotopic (exact) mass is 476 g/mol.